The minimum absolute atomic E-state index is 0.191. The molecule has 2 N–H and O–H groups in total. The van der Waals surface area contributed by atoms with Gasteiger partial charge in [-0.2, -0.15) is 0 Å². The van der Waals surface area contributed by atoms with Gasteiger partial charge in [-0.1, -0.05) is 32.0 Å². The smallest absolute Gasteiger partial charge is 0.274 e. The monoisotopic (exact) mass is 297 g/mol. The van der Waals surface area contributed by atoms with Crippen molar-refractivity contribution in [1.29, 1.82) is 0 Å². The lowest BCUT2D eigenvalue weighted by Gasteiger charge is -2.14. The molecule has 0 aliphatic rings. The van der Waals surface area contributed by atoms with Crippen molar-refractivity contribution < 1.29 is 4.79 Å². The van der Waals surface area contributed by atoms with Crippen LogP contribution in [0.15, 0.2) is 42.6 Å². The van der Waals surface area contributed by atoms with Crippen LogP contribution < -0.4 is 10.6 Å². The molecule has 4 nitrogen and oxygen atoms in total. The zero-order valence-electron chi connectivity index (χ0n) is 13.6. The molecule has 2 aromatic rings. The zero-order valence-corrected chi connectivity index (χ0v) is 13.6. The van der Waals surface area contributed by atoms with Gasteiger partial charge in [-0.15, -0.1) is 0 Å². The van der Waals surface area contributed by atoms with E-state index in [1.54, 1.807) is 12.3 Å². The molecule has 0 aliphatic carbocycles. The highest BCUT2D eigenvalue weighted by atomic mass is 16.1. The Morgan fingerprint density at radius 1 is 1.05 bits per heavy atom. The molecule has 2 rings (SSSR count). The Balaban J connectivity index is 2.13. The molecule has 1 amide bonds. The third-order valence-corrected chi connectivity index (χ3v) is 3.28. The summed E-state index contributed by atoms with van der Waals surface area (Å²) in [5, 5.41) is 6.20. The van der Waals surface area contributed by atoms with Crippen molar-refractivity contribution in [2.24, 2.45) is 0 Å². The van der Waals surface area contributed by atoms with Gasteiger partial charge in [-0.25, -0.2) is 4.98 Å². The Hall–Kier alpha value is -2.36. The lowest BCUT2D eigenvalue weighted by atomic mass is 10.0. The number of amides is 1. The molecule has 0 fully saturated rings. The molecule has 0 aliphatic heterocycles. The summed E-state index contributed by atoms with van der Waals surface area (Å²) in [5.41, 5.74) is 3.28. The first kappa shape index (κ1) is 16.0. The molecule has 22 heavy (non-hydrogen) atoms. The van der Waals surface area contributed by atoms with Gasteiger partial charge in [0.25, 0.3) is 5.91 Å². The molecule has 4 heteroatoms. The minimum Gasteiger partial charge on any atom is -0.382 e. The molecular weight excluding hydrogens is 274 g/mol. The van der Waals surface area contributed by atoms with E-state index in [4.69, 9.17) is 0 Å². The van der Waals surface area contributed by atoms with E-state index in [1.807, 2.05) is 30.3 Å². The van der Waals surface area contributed by atoms with Crippen LogP contribution in [-0.2, 0) is 0 Å². The van der Waals surface area contributed by atoms with Crippen LogP contribution >= 0.6 is 0 Å². The maximum absolute atomic E-state index is 12.3. The van der Waals surface area contributed by atoms with Gasteiger partial charge in [-0.05, 0) is 43.5 Å². The molecule has 0 unspecified atom stereocenters. The Bertz CT molecular complexity index is 633. The van der Waals surface area contributed by atoms with E-state index < -0.39 is 0 Å². The van der Waals surface area contributed by atoms with E-state index in [2.05, 4.69) is 43.3 Å². The first-order valence-electron chi connectivity index (χ1n) is 7.60. The normalized spacial score (nSPS) is 10.8. The van der Waals surface area contributed by atoms with Crippen molar-refractivity contribution in [3.63, 3.8) is 0 Å². The average molecular weight is 297 g/mol. The number of nitrogens with zero attached hydrogens (tertiary/aromatic N) is 1. The van der Waals surface area contributed by atoms with Gasteiger partial charge in [0.2, 0.25) is 0 Å². The Morgan fingerprint density at radius 3 is 2.36 bits per heavy atom. The average Bonchev–Trinajstić information content (AvgIpc) is 2.47. The van der Waals surface area contributed by atoms with Crippen LogP contribution in [0.3, 0.4) is 0 Å². The van der Waals surface area contributed by atoms with Crippen molar-refractivity contribution in [2.45, 2.75) is 39.7 Å². The molecule has 1 aromatic carbocycles. The number of aromatic nitrogens is 1. The van der Waals surface area contributed by atoms with Crippen molar-refractivity contribution in [3.8, 4) is 0 Å². The number of benzene rings is 1. The second kappa shape index (κ2) is 7.07. The summed E-state index contributed by atoms with van der Waals surface area (Å²) < 4.78 is 0. The molecule has 0 atom stereocenters. The van der Waals surface area contributed by atoms with Gasteiger partial charge in [0.05, 0.1) is 11.9 Å². The van der Waals surface area contributed by atoms with Crippen LogP contribution in [-0.4, -0.2) is 16.9 Å². The summed E-state index contributed by atoms with van der Waals surface area (Å²) in [6.45, 7) is 8.33. The third kappa shape index (κ3) is 4.07. The van der Waals surface area contributed by atoms with E-state index in [0.29, 0.717) is 17.7 Å². The van der Waals surface area contributed by atoms with Gasteiger partial charge >= 0.3 is 0 Å². The second-order valence-electron chi connectivity index (χ2n) is 5.93. The van der Waals surface area contributed by atoms with Crippen molar-refractivity contribution in [1.82, 2.24) is 4.98 Å². The van der Waals surface area contributed by atoms with Crippen molar-refractivity contribution in [2.75, 3.05) is 10.6 Å². The molecule has 0 radical (unpaired) electrons. The van der Waals surface area contributed by atoms with E-state index in [9.17, 15) is 4.79 Å². The molecule has 1 heterocycles. The van der Waals surface area contributed by atoms with Crippen molar-refractivity contribution in [3.05, 3.63) is 53.9 Å². The predicted molar refractivity (Wildman–Crippen MR) is 91.5 cm³/mol. The summed E-state index contributed by atoms with van der Waals surface area (Å²) in [6, 6.07) is 11.8. The van der Waals surface area contributed by atoms with Crippen LogP contribution in [0, 0.1) is 0 Å². The molecular formula is C18H23N3O. The number of hydrogen-bond acceptors (Lipinski definition) is 3. The lowest BCUT2D eigenvalue weighted by Crippen LogP contribution is -2.16. The highest BCUT2D eigenvalue weighted by molar-refractivity contribution is 6.03. The number of carbonyl (C=O) groups is 1. The maximum Gasteiger partial charge on any atom is 0.274 e. The fourth-order valence-corrected chi connectivity index (χ4v) is 2.25. The first-order chi connectivity index (χ1) is 10.5. The van der Waals surface area contributed by atoms with Crippen LogP contribution in [0.25, 0.3) is 0 Å². The highest BCUT2D eigenvalue weighted by Gasteiger charge is 2.11. The molecule has 1 aromatic heterocycles. The maximum atomic E-state index is 12.3. The van der Waals surface area contributed by atoms with Crippen LogP contribution in [0.2, 0.25) is 0 Å². The standard InChI is InChI=1S/C18H23N3O/c1-12(2)15-7-5-6-8-16(15)21-18(22)17-10-9-14(11-19-17)20-13(3)4/h5-13,20H,1-4H3,(H,21,22). The number of anilines is 2. The fraction of sp³-hybridized carbons (Fsp3) is 0.333. The van der Waals surface area contributed by atoms with E-state index >= 15 is 0 Å². The van der Waals surface area contributed by atoms with Crippen LogP contribution in [0.1, 0.15) is 49.7 Å². The molecule has 116 valence electrons. The predicted octanol–water partition coefficient (Wildman–Crippen LogP) is 4.28. The van der Waals surface area contributed by atoms with Gasteiger partial charge in [0, 0.05) is 11.7 Å². The fourth-order valence-electron chi connectivity index (χ4n) is 2.25. The summed E-state index contributed by atoms with van der Waals surface area (Å²) >= 11 is 0. The van der Waals surface area contributed by atoms with E-state index in [0.717, 1.165) is 16.9 Å². The number of pyridine rings is 1. The van der Waals surface area contributed by atoms with Gasteiger partial charge in [0.1, 0.15) is 5.69 Å². The third-order valence-electron chi connectivity index (χ3n) is 3.28. The van der Waals surface area contributed by atoms with Crippen molar-refractivity contribution >= 4 is 17.3 Å². The molecule has 0 spiro atoms. The van der Waals surface area contributed by atoms with Crippen LogP contribution in [0.4, 0.5) is 11.4 Å². The molecule has 0 saturated carbocycles. The number of nitrogens with one attached hydrogen (secondary N) is 2. The number of hydrogen-bond donors (Lipinski definition) is 2. The SMILES string of the molecule is CC(C)Nc1ccc(C(=O)Nc2ccccc2C(C)C)nc1. The Labute approximate surface area is 132 Å². The topological polar surface area (TPSA) is 54.0 Å². The Kier molecular flexibility index (Phi) is 5.15. The van der Waals surface area contributed by atoms with E-state index in [-0.39, 0.29) is 5.91 Å². The number of rotatable bonds is 5. The number of para-hydroxylation sites is 1. The van der Waals surface area contributed by atoms with E-state index in [1.165, 1.54) is 0 Å². The lowest BCUT2D eigenvalue weighted by molar-refractivity contribution is 0.102. The highest BCUT2D eigenvalue weighted by Crippen LogP contribution is 2.24. The van der Waals surface area contributed by atoms with Gasteiger partial charge in [-0.3, -0.25) is 4.79 Å². The summed E-state index contributed by atoms with van der Waals surface area (Å²) in [4.78, 5) is 16.6. The Morgan fingerprint density at radius 2 is 1.77 bits per heavy atom. The quantitative estimate of drug-likeness (QED) is 0.866. The summed E-state index contributed by atoms with van der Waals surface area (Å²) in [7, 11) is 0. The molecule has 0 saturated heterocycles. The van der Waals surface area contributed by atoms with Gasteiger partial charge in [0.15, 0.2) is 0 Å². The first-order valence-corrected chi connectivity index (χ1v) is 7.60. The summed E-state index contributed by atoms with van der Waals surface area (Å²) in [5.74, 6) is 0.159. The summed E-state index contributed by atoms with van der Waals surface area (Å²) in [6.07, 6.45) is 1.68. The minimum atomic E-state index is -0.191. The number of carbonyl (C=O) groups excluding carboxylic acids is 1. The van der Waals surface area contributed by atoms with Gasteiger partial charge < -0.3 is 10.6 Å². The zero-order chi connectivity index (χ0) is 16.1. The van der Waals surface area contributed by atoms with Crippen LogP contribution in [0.5, 0.6) is 0 Å². The molecule has 0 bridgehead atoms. The largest absolute Gasteiger partial charge is 0.382 e. The second-order valence-corrected chi connectivity index (χ2v) is 5.93.